The Morgan fingerprint density at radius 2 is 2.11 bits per heavy atom. The average Bonchev–Trinajstić information content (AvgIpc) is 2.74. The third-order valence-corrected chi connectivity index (χ3v) is 3.23. The number of aromatic nitrogens is 2. The van der Waals surface area contributed by atoms with Crippen molar-refractivity contribution in [2.24, 2.45) is 0 Å². The number of hydrogen-bond donors (Lipinski definition) is 1. The first kappa shape index (κ1) is 13.6. The second-order valence-corrected chi connectivity index (χ2v) is 5.41. The van der Waals surface area contributed by atoms with Crippen LogP contribution in [0.25, 0.3) is 0 Å². The van der Waals surface area contributed by atoms with Crippen molar-refractivity contribution in [3.05, 3.63) is 35.3 Å². The molecule has 19 heavy (non-hydrogen) atoms. The lowest BCUT2D eigenvalue weighted by Crippen LogP contribution is -2.02. The van der Waals surface area contributed by atoms with E-state index in [0.29, 0.717) is 10.2 Å². The van der Waals surface area contributed by atoms with E-state index in [1.54, 1.807) is 12.3 Å². The third-order valence-electron chi connectivity index (χ3n) is 2.45. The molecule has 0 aliphatic heterocycles. The van der Waals surface area contributed by atoms with Crippen LogP contribution in [0.1, 0.15) is 41.5 Å². The van der Waals surface area contributed by atoms with Gasteiger partial charge in [0.05, 0.1) is 11.3 Å². The molecule has 0 aliphatic rings. The van der Waals surface area contributed by atoms with Gasteiger partial charge in [0.2, 0.25) is 0 Å². The second-order valence-electron chi connectivity index (χ2n) is 4.44. The lowest BCUT2D eigenvalue weighted by Gasteiger charge is -2.07. The number of carboxylic acids is 1. The van der Waals surface area contributed by atoms with Crippen molar-refractivity contribution in [2.45, 2.75) is 36.9 Å². The quantitative estimate of drug-likeness (QED) is 0.924. The summed E-state index contributed by atoms with van der Waals surface area (Å²) in [6.45, 7) is 5.77. The summed E-state index contributed by atoms with van der Waals surface area (Å²) in [5.41, 5.74) is 1.75. The van der Waals surface area contributed by atoms with E-state index in [2.05, 4.69) is 9.97 Å². The summed E-state index contributed by atoms with van der Waals surface area (Å²) >= 11 is 1.22. The molecule has 0 unspecified atom stereocenters. The molecule has 0 aromatic carbocycles. The summed E-state index contributed by atoms with van der Waals surface area (Å²) in [6.07, 6.45) is 1.55. The van der Waals surface area contributed by atoms with E-state index in [1.165, 1.54) is 17.8 Å². The molecule has 0 spiro atoms. The molecule has 100 valence electrons. The Morgan fingerprint density at radius 3 is 2.63 bits per heavy atom. The Kier molecular flexibility index (Phi) is 3.90. The van der Waals surface area contributed by atoms with Gasteiger partial charge in [0, 0.05) is 5.69 Å². The lowest BCUT2D eigenvalue weighted by molar-refractivity contribution is 0.0696. The van der Waals surface area contributed by atoms with Crippen LogP contribution in [0, 0.1) is 6.92 Å². The molecule has 2 aromatic rings. The van der Waals surface area contributed by atoms with Gasteiger partial charge in [0.1, 0.15) is 11.3 Å². The molecule has 2 rings (SSSR count). The van der Waals surface area contributed by atoms with Crippen molar-refractivity contribution in [2.75, 3.05) is 0 Å². The van der Waals surface area contributed by atoms with Crippen LogP contribution >= 0.6 is 11.8 Å². The molecule has 0 saturated heterocycles. The van der Waals surface area contributed by atoms with Gasteiger partial charge in [-0.25, -0.2) is 14.8 Å². The molecule has 0 aliphatic carbocycles. The van der Waals surface area contributed by atoms with Gasteiger partial charge >= 0.3 is 5.97 Å². The number of carbonyl (C=O) groups is 1. The first-order valence-electron chi connectivity index (χ1n) is 5.81. The molecule has 2 heterocycles. The van der Waals surface area contributed by atoms with Gasteiger partial charge in [-0.1, -0.05) is 13.8 Å². The van der Waals surface area contributed by atoms with E-state index in [0.717, 1.165) is 11.4 Å². The monoisotopic (exact) mass is 278 g/mol. The smallest absolute Gasteiger partial charge is 0.335 e. The Hall–Kier alpha value is -1.82. The standard InChI is InChI=1S/C13H14N2O3S/c1-7(2)10-4-9(12(16)17)5-11(15-10)19-13-14-8(3)6-18-13/h4-7H,1-3H3,(H,16,17). The second kappa shape index (κ2) is 5.44. The molecule has 1 N–H and O–H groups in total. The lowest BCUT2D eigenvalue weighted by atomic mass is 10.1. The van der Waals surface area contributed by atoms with Crippen LogP contribution in [-0.2, 0) is 0 Å². The molecule has 0 fully saturated rings. The van der Waals surface area contributed by atoms with E-state index in [4.69, 9.17) is 9.52 Å². The summed E-state index contributed by atoms with van der Waals surface area (Å²) in [6, 6.07) is 3.12. The highest BCUT2D eigenvalue weighted by atomic mass is 32.2. The zero-order valence-electron chi connectivity index (χ0n) is 10.9. The summed E-state index contributed by atoms with van der Waals surface area (Å²) < 4.78 is 5.23. The maximum atomic E-state index is 11.1. The van der Waals surface area contributed by atoms with E-state index < -0.39 is 5.97 Å². The van der Waals surface area contributed by atoms with Crippen LogP contribution in [0.5, 0.6) is 0 Å². The van der Waals surface area contributed by atoms with Crippen molar-refractivity contribution < 1.29 is 14.3 Å². The minimum atomic E-state index is -0.963. The predicted molar refractivity (Wildman–Crippen MR) is 70.6 cm³/mol. The maximum Gasteiger partial charge on any atom is 0.335 e. The number of hydrogen-bond acceptors (Lipinski definition) is 5. The van der Waals surface area contributed by atoms with Crippen LogP contribution < -0.4 is 0 Å². The maximum absolute atomic E-state index is 11.1. The fourth-order valence-electron chi connectivity index (χ4n) is 1.47. The van der Waals surface area contributed by atoms with Crippen molar-refractivity contribution in [1.82, 2.24) is 9.97 Å². The summed E-state index contributed by atoms with van der Waals surface area (Å²) in [7, 11) is 0. The van der Waals surface area contributed by atoms with E-state index in [-0.39, 0.29) is 11.5 Å². The highest BCUT2D eigenvalue weighted by Gasteiger charge is 2.13. The van der Waals surface area contributed by atoms with E-state index >= 15 is 0 Å². The fraction of sp³-hybridized carbons (Fsp3) is 0.308. The van der Waals surface area contributed by atoms with Crippen LogP contribution in [0.3, 0.4) is 0 Å². The minimum absolute atomic E-state index is 0.157. The summed E-state index contributed by atoms with van der Waals surface area (Å²) in [4.78, 5) is 19.7. The predicted octanol–water partition coefficient (Wildman–Crippen LogP) is 3.35. The zero-order chi connectivity index (χ0) is 14.0. The van der Waals surface area contributed by atoms with E-state index in [1.807, 2.05) is 20.8 Å². The molecular formula is C13H14N2O3S. The largest absolute Gasteiger partial charge is 0.478 e. The van der Waals surface area contributed by atoms with Crippen molar-refractivity contribution in [3.8, 4) is 0 Å². The normalized spacial score (nSPS) is 10.9. The van der Waals surface area contributed by atoms with Gasteiger partial charge in [0.25, 0.3) is 5.22 Å². The molecular weight excluding hydrogens is 264 g/mol. The number of nitrogens with zero attached hydrogens (tertiary/aromatic N) is 2. The van der Waals surface area contributed by atoms with Crippen molar-refractivity contribution in [1.29, 1.82) is 0 Å². The number of rotatable bonds is 4. The molecule has 0 bridgehead atoms. The number of pyridine rings is 1. The molecule has 2 aromatic heterocycles. The zero-order valence-corrected chi connectivity index (χ0v) is 11.7. The van der Waals surface area contributed by atoms with Crippen LogP contribution in [0.2, 0.25) is 0 Å². The molecule has 0 atom stereocenters. The third kappa shape index (κ3) is 3.35. The minimum Gasteiger partial charge on any atom is -0.478 e. The number of aromatic carboxylic acids is 1. The highest BCUT2D eigenvalue weighted by Crippen LogP contribution is 2.27. The van der Waals surface area contributed by atoms with Gasteiger partial charge in [-0.15, -0.1) is 0 Å². The Morgan fingerprint density at radius 1 is 1.37 bits per heavy atom. The van der Waals surface area contributed by atoms with Gasteiger partial charge in [-0.2, -0.15) is 0 Å². The molecule has 5 nitrogen and oxygen atoms in total. The number of oxazole rings is 1. The molecule has 6 heteroatoms. The van der Waals surface area contributed by atoms with Crippen LogP contribution in [0.15, 0.2) is 33.1 Å². The molecule has 0 radical (unpaired) electrons. The van der Waals surface area contributed by atoms with Gasteiger partial charge in [-0.3, -0.25) is 0 Å². The first-order chi connectivity index (χ1) is 8.95. The van der Waals surface area contributed by atoms with Crippen molar-refractivity contribution >= 4 is 17.7 Å². The van der Waals surface area contributed by atoms with E-state index in [9.17, 15) is 4.79 Å². The Bertz CT molecular complexity index is 608. The van der Waals surface area contributed by atoms with Gasteiger partial charge in [0.15, 0.2) is 0 Å². The average molecular weight is 278 g/mol. The topological polar surface area (TPSA) is 76.2 Å². The summed E-state index contributed by atoms with van der Waals surface area (Å²) in [5, 5.41) is 10.1. The van der Waals surface area contributed by atoms with Gasteiger partial charge < -0.3 is 9.52 Å². The fourth-order valence-corrected chi connectivity index (χ4v) is 2.27. The SMILES string of the molecule is Cc1coc(Sc2cc(C(=O)O)cc(C(C)C)n2)n1. The van der Waals surface area contributed by atoms with Crippen molar-refractivity contribution in [3.63, 3.8) is 0 Å². The number of carboxylic acid groups (broad SMARTS) is 1. The molecule has 0 saturated carbocycles. The highest BCUT2D eigenvalue weighted by molar-refractivity contribution is 7.99. The summed E-state index contributed by atoms with van der Waals surface area (Å²) in [5.74, 6) is -0.806. The Balaban J connectivity index is 2.36. The number of aryl methyl sites for hydroxylation is 1. The van der Waals surface area contributed by atoms with Gasteiger partial charge in [-0.05, 0) is 36.7 Å². The Labute approximate surface area is 115 Å². The molecule has 0 amide bonds. The van der Waals surface area contributed by atoms with Crippen LogP contribution in [-0.4, -0.2) is 21.0 Å². The first-order valence-corrected chi connectivity index (χ1v) is 6.62. The van der Waals surface area contributed by atoms with Crippen LogP contribution in [0.4, 0.5) is 0 Å².